The molecule has 1 aromatic carbocycles. The normalized spacial score (nSPS) is 16.7. The van der Waals surface area contributed by atoms with Gasteiger partial charge in [-0.2, -0.15) is 13.4 Å². The predicted molar refractivity (Wildman–Crippen MR) is 92.3 cm³/mol. The molecule has 1 unspecified atom stereocenters. The number of benzene rings is 1. The Kier molecular flexibility index (Phi) is 5.90. The third kappa shape index (κ3) is 3.50. The van der Waals surface area contributed by atoms with E-state index in [4.69, 9.17) is 15.2 Å². The van der Waals surface area contributed by atoms with Gasteiger partial charge in [0.15, 0.2) is 5.55 Å². The van der Waals surface area contributed by atoms with Crippen LogP contribution in [0, 0.1) is 0 Å². The van der Waals surface area contributed by atoms with Crippen molar-refractivity contribution in [1.29, 1.82) is 0 Å². The summed E-state index contributed by atoms with van der Waals surface area (Å²) in [4.78, 5) is 25.9. The predicted octanol–water partition coefficient (Wildman–Crippen LogP) is 0.0386. The Labute approximate surface area is 151 Å². The molecule has 1 saturated heterocycles. The van der Waals surface area contributed by atoms with E-state index in [1.54, 1.807) is 31.2 Å². The lowest BCUT2D eigenvalue weighted by Crippen LogP contribution is -2.56. The summed E-state index contributed by atoms with van der Waals surface area (Å²) in [5, 5.41) is 3.11. The SMILES string of the molecule is CCN1C(=O)N(N(C)c2ccccc2OC)N(C(N)=O)C1OC=S(=O)=O. The Morgan fingerprint density at radius 1 is 1.38 bits per heavy atom. The van der Waals surface area contributed by atoms with Crippen LogP contribution in [0.25, 0.3) is 0 Å². The minimum atomic E-state index is -2.65. The lowest BCUT2D eigenvalue weighted by atomic mass is 10.3. The fourth-order valence-electron chi connectivity index (χ4n) is 2.52. The summed E-state index contributed by atoms with van der Waals surface area (Å²) in [6.07, 6.45) is -1.35. The molecular formula is C14H19N5O6S. The molecule has 2 rings (SSSR count). The molecule has 1 aliphatic heterocycles. The smallest absolute Gasteiger partial charge is 0.362 e. The standard InChI is InChI=1S/C14H19N5O6S/c1-4-17-13(21)19(16(2)10-7-5-6-8-11(10)24-3)18(12(15)20)14(17)25-9-26(22)23/h5-9,14H,4H2,1-3H3,(H2,15,20). The van der Waals surface area contributed by atoms with Crippen LogP contribution in [0.4, 0.5) is 15.3 Å². The van der Waals surface area contributed by atoms with Crippen molar-refractivity contribution in [2.45, 2.75) is 13.3 Å². The zero-order valence-electron chi connectivity index (χ0n) is 14.4. The molecule has 0 saturated carbocycles. The quantitative estimate of drug-likeness (QED) is 0.685. The molecule has 4 amide bonds. The van der Waals surface area contributed by atoms with Crippen molar-refractivity contribution in [3.8, 4) is 5.75 Å². The van der Waals surface area contributed by atoms with E-state index in [0.717, 1.165) is 15.0 Å². The number of nitrogens with two attached hydrogens (primary N) is 1. The third-order valence-corrected chi connectivity index (χ3v) is 3.91. The first kappa shape index (κ1) is 19.3. The van der Waals surface area contributed by atoms with Gasteiger partial charge in [-0.3, -0.25) is 14.6 Å². The van der Waals surface area contributed by atoms with Crippen LogP contribution in [0.15, 0.2) is 24.3 Å². The summed E-state index contributed by atoms with van der Waals surface area (Å²) in [5.41, 5.74) is 6.38. The van der Waals surface area contributed by atoms with E-state index >= 15 is 0 Å². The van der Waals surface area contributed by atoms with Crippen LogP contribution < -0.4 is 15.5 Å². The van der Waals surface area contributed by atoms with Gasteiger partial charge in [0.1, 0.15) is 11.4 Å². The van der Waals surface area contributed by atoms with Gasteiger partial charge in [-0.25, -0.2) is 9.59 Å². The van der Waals surface area contributed by atoms with Crippen LogP contribution in [0.3, 0.4) is 0 Å². The summed E-state index contributed by atoms with van der Waals surface area (Å²) in [6.45, 7) is 1.79. The van der Waals surface area contributed by atoms with Gasteiger partial charge >= 0.3 is 12.1 Å². The van der Waals surface area contributed by atoms with E-state index < -0.39 is 28.7 Å². The number of hydrogen-bond donors (Lipinski definition) is 1. The van der Waals surface area contributed by atoms with Crippen molar-refractivity contribution in [3.05, 3.63) is 24.3 Å². The monoisotopic (exact) mass is 385 g/mol. The molecule has 26 heavy (non-hydrogen) atoms. The average Bonchev–Trinajstić information content (AvgIpc) is 2.90. The van der Waals surface area contributed by atoms with E-state index in [9.17, 15) is 18.0 Å². The lowest BCUT2D eigenvalue weighted by molar-refractivity contribution is -0.0630. The van der Waals surface area contributed by atoms with Crippen LogP contribution in [-0.4, -0.2) is 68.1 Å². The van der Waals surface area contributed by atoms with Crippen molar-refractivity contribution in [3.63, 3.8) is 0 Å². The molecule has 1 heterocycles. The number of para-hydroxylation sites is 2. The molecule has 1 aromatic rings. The number of amides is 4. The highest BCUT2D eigenvalue weighted by atomic mass is 32.2. The molecule has 1 atom stereocenters. The first-order chi connectivity index (χ1) is 12.3. The van der Waals surface area contributed by atoms with Gasteiger partial charge in [0.25, 0.3) is 0 Å². The highest BCUT2D eigenvalue weighted by Gasteiger charge is 2.49. The largest absolute Gasteiger partial charge is 0.495 e. The molecule has 2 N–H and O–H groups in total. The topological polar surface area (TPSA) is 126 Å². The molecule has 1 fully saturated rings. The number of rotatable bonds is 6. The number of primary amides is 1. The molecule has 0 spiro atoms. The zero-order chi connectivity index (χ0) is 19.4. The Hall–Kier alpha value is -2.99. The Bertz CT molecular complexity index is 821. The Morgan fingerprint density at radius 3 is 2.58 bits per heavy atom. The van der Waals surface area contributed by atoms with Gasteiger partial charge in [-0.05, 0) is 19.1 Å². The first-order valence-corrected chi connectivity index (χ1v) is 8.60. The van der Waals surface area contributed by atoms with Crippen molar-refractivity contribution >= 4 is 33.6 Å². The van der Waals surface area contributed by atoms with Crippen molar-refractivity contribution < 1.29 is 27.5 Å². The maximum atomic E-state index is 12.8. The molecule has 1 aliphatic rings. The molecule has 0 radical (unpaired) electrons. The summed E-state index contributed by atoms with van der Waals surface area (Å²) in [5.74, 6) is 0.451. The number of carbonyl (C=O) groups excluding carboxylic acids is 2. The van der Waals surface area contributed by atoms with Crippen LogP contribution in [0.1, 0.15) is 6.92 Å². The van der Waals surface area contributed by atoms with E-state index in [0.29, 0.717) is 17.0 Å². The highest BCUT2D eigenvalue weighted by molar-refractivity contribution is 7.71. The van der Waals surface area contributed by atoms with Gasteiger partial charge in [-0.15, -0.1) is 5.12 Å². The molecule has 0 aromatic heterocycles. The van der Waals surface area contributed by atoms with Gasteiger partial charge in [-0.1, -0.05) is 12.1 Å². The number of ether oxygens (including phenoxy) is 2. The molecule has 12 heteroatoms. The zero-order valence-corrected chi connectivity index (χ0v) is 15.2. The Balaban J connectivity index is 2.49. The first-order valence-electron chi connectivity index (χ1n) is 7.46. The number of hydrogen-bond acceptors (Lipinski definition) is 7. The summed E-state index contributed by atoms with van der Waals surface area (Å²) >= 11 is 0. The van der Waals surface area contributed by atoms with Gasteiger partial charge in [0.2, 0.25) is 16.6 Å². The summed E-state index contributed by atoms with van der Waals surface area (Å²) < 4.78 is 31.9. The number of hydrazine groups is 2. The number of urea groups is 2. The molecular weight excluding hydrogens is 366 g/mol. The van der Waals surface area contributed by atoms with E-state index in [2.05, 4.69) is 0 Å². The number of anilines is 1. The second-order valence-corrected chi connectivity index (χ2v) is 5.77. The minimum Gasteiger partial charge on any atom is -0.495 e. The number of nitrogens with zero attached hydrogens (tertiary/aromatic N) is 4. The molecule has 142 valence electrons. The third-order valence-electron chi connectivity index (χ3n) is 3.64. The van der Waals surface area contributed by atoms with Crippen LogP contribution in [0.5, 0.6) is 5.75 Å². The van der Waals surface area contributed by atoms with Crippen LogP contribution in [0.2, 0.25) is 0 Å². The van der Waals surface area contributed by atoms with Crippen LogP contribution >= 0.6 is 0 Å². The molecule has 0 bridgehead atoms. The Morgan fingerprint density at radius 2 is 2.04 bits per heavy atom. The molecule has 0 aliphatic carbocycles. The van der Waals surface area contributed by atoms with Crippen molar-refractivity contribution in [1.82, 2.24) is 15.0 Å². The highest BCUT2D eigenvalue weighted by Crippen LogP contribution is 2.32. The van der Waals surface area contributed by atoms with Gasteiger partial charge in [0, 0.05) is 13.6 Å². The average molecular weight is 385 g/mol. The lowest BCUT2D eigenvalue weighted by Gasteiger charge is -2.35. The maximum absolute atomic E-state index is 12.8. The second-order valence-electron chi connectivity index (χ2n) is 5.06. The molecule has 11 nitrogen and oxygen atoms in total. The van der Waals surface area contributed by atoms with Gasteiger partial charge < -0.3 is 10.5 Å². The fraction of sp³-hybridized carbons (Fsp3) is 0.357. The van der Waals surface area contributed by atoms with E-state index in [1.165, 1.54) is 19.2 Å². The van der Waals surface area contributed by atoms with Crippen molar-refractivity contribution in [2.24, 2.45) is 5.73 Å². The fourth-order valence-corrected chi connectivity index (χ4v) is 2.71. The van der Waals surface area contributed by atoms with E-state index in [-0.39, 0.29) is 6.54 Å². The summed E-state index contributed by atoms with van der Waals surface area (Å²) in [7, 11) is 0.344. The van der Waals surface area contributed by atoms with Gasteiger partial charge in [0.05, 0.1) is 7.11 Å². The second kappa shape index (κ2) is 7.93. The number of methoxy groups -OCH3 is 1. The van der Waals surface area contributed by atoms with Crippen molar-refractivity contribution in [2.75, 3.05) is 25.7 Å². The number of carbonyl (C=O) groups is 2. The van der Waals surface area contributed by atoms with Crippen LogP contribution in [-0.2, 0) is 15.0 Å². The minimum absolute atomic E-state index is 0.142. The van der Waals surface area contributed by atoms with E-state index in [1.807, 2.05) is 0 Å². The maximum Gasteiger partial charge on any atom is 0.362 e. The summed E-state index contributed by atoms with van der Waals surface area (Å²) in [6, 6.07) is 5.19.